The van der Waals surface area contributed by atoms with Crippen LogP contribution in [0.15, 0.2) is 34.1 Å². The number of benzene rings is 2. The van der Waals surface area contributed by atoms with Crippen molar-refractivity contribution in [2.24, 2.45) is 0 Å². The van der Waals surface area contributed by atoms with Crippen molar-refractivity contribution in [1.29, 1.82) is 0 Å². The molecule has 0 atom stereocenters. The van der Waals surface area contributed by atoms with Gasteiger partial charge in [-0.25, -0.2) is 0 Å². The van der Waals surface area contributed by atoms with E-state index in [0.29, 0.717) is 32.8 Å². The van der Waals surface area contributed by atoms with Crippen LogP contribution in [0.2, 0.25) is 0 Å². The summed E-state index contributed by atoms with van der Waals surface area (Å²) in [7, 11) is 8.32. The standard InChI is InChI=1S/C18H16Cl2O6S2/c1-23-11-5-9(17(19)21)15(7-13(11)25-3)27-28-16-8-14(26-4)12(24-2)6-10(16)18(20)22/h5-8H,1-4H3. The predicted molar refractivity (Wildman–Crippen MR) is 111 cm³/mol. The summed E-state index contributed by atoms with van der Waals surface area (Å²) in [4.78, 5) is 24.7. The highest BCUT2D eigenvalue weighted by Gasteiger charge is 2.20. The van der Waals surface area contributed by atoms with Crippen molar-refractivity contribution >= 4 is 55.3 Å². The number of halogens is 2. The van der Waals surface area contributed by atoms with Gasteiger partial charge < -0.3 is 18.9 Å². The van der Waals surface area contributed by atoms with Crippen LogP contribution in [0.5, 0.6) is 23.0 Å². The van der Waals surface area contributed by atoms with Crippen molar-refractivity contribution in [3.63, 3.8) is 0 Å². The molecule has 0 spiro atoms. The second-order valence-electron chi connectivity index (χ2n) is 5.12. The molecule has 0 fully saturated rings. The molecule has 0 aromatic heterocycles. The van der Waals surface area contributed by atoms with Gasteiger partial charge in [-0.2, -0.15) is 0 Å². The quantitative estimate of drug-likeness (QED) is 0.368. The highest BCUT2D eigenvalue weighted by Crippen LogP contribution is 2.46. The molecular formula is C18H16Cl2O6S2. The van der Waals surface area contributed by atoms with Crippen molar-refractivity contribution < 1.29 is 28.5 Å². The number of carbonyl (C=O) groups excluding carboxylic acids is 2. The van der Waals surface area contributed by atoms with E-state index in [1.165, 1.54) is 62.2 Å². The van der Waals surface area contributed by atoms with Gasteiger partial charge in [-0.3, -0.25) is 9.59 Å². The van der Waals surface area contributed by atoms with Gasteiger partial charge in [-0.15, -0.1) is 0 Å². The molecule has 2 aromatic rings. The monoisotopic (exact) mass is 462 g/mol. The van der Waals surface area contributed by atoms with Gasteiger partial charge in [0.2, 0.25) is 0 Å². The lowest BCUT2D eigenvalue weighted by Crippen LogP contribution is -1.98. The molecule has 150 valence electrons. The largest absolute Gasteiger partial charge is 0.493 e. The molecule has 0 N–H and O–H groups in total. The Balaban J connectivity index is 2.45. The third kappa shape index (κ3) is 5.00. The minimum atomic E-state index is -0.648. The first kappa shape index (κ1) is 22.5. The van der Waals surface area contributed by atoms with Gasteiger partial charge in [0.15, 0.2) is 23.0 Å². The van der Waals surface area contributed by atoms with E-state index in [4.69, 9.17) is 42.1 Å². The van der Waals surface area contributed by atoms with Crippen LogP contribution in [0.25, 0.3) is 0 Å². The minimum absolute atomic E-state index is 0.246. The van der Waals surface area contributed by atoms with Crippen molar-refractivity contribution in [2.45, 2.75) is 9.79 Å². The molecule has 2 aromatic carbocycles. The predicted octanol–water partition coefficient (Wildman–Crippen LogP) is 5.28. The summed E-state index contributed by atoms with van der Waals surface area (Å²) in [5.41, 5.74) is 0.493. The topological polar surface area (TPSA) is 71.1 Å². The van der Waals surface area contributed by atoms with E-state index in [1.54, 1.807) is 12.1 Å². The molecule has 0 saturated heterocycles. The Morgan fingerprint density at radius 2 is 0.929 bits per heavy atom. The van der Waals surface area contributed by atoms with Crippen molar-refractivity contribution in [3.8, 4) is 23.0 Å². The molecule has 0 aliphatic carbocycles. The Morgan fingerprint density at radius 3 is 1.18 bits per heavy atom. The highest BCUT2D eigenvalue weighted by molar-refractivity contribution is 8.76. The number of methoxy groups -OCH3 is 4. The van der Waals surface area contributed by atoms with E-state index in [0.717, 1.165) is 0 Å². The first-order chi connectivity index (χ1) is 13.4. The number of carbonyl (C=O) groups is 2. The molecule has 0 bridgehead atoms. The van der Waals surface area contributed by atoms with Gasteiger partial charge in [0.05, 0.1) is 39.6 Å². The zero-order valence-corrected chi connectivity index (χ0v) is 18.5. The summed E-state index contributed by atoms with van der Waals surface area (Å²) in [6, 6.07) is 6.27. The smallest absolute Gasteiger partial charge is 0.253 e. The van der Waals surface area contributed by atoms with Crippen molar-refractivity contribution in [2.75, 3.05) is 28.4 Å². The molecule has 0 unspecified atom stereocenters. The third-order valence-corrected chi connectivity index (χ3v) is 6.47. The summed E-state index contributed by atoms with van der Waals surface area (Å²) >= 11 is 11.4. The maximum absolute atomic E-state index is 11.8. The molecule has 0 aliphatic heterocycles. The van der Waals surface area contributed by atoms with Gasteiger partial charge in [0.1, 0.15) is 0 Å². The van der Waals surface area contributed by atoms with Crippen molar-refractivity contribution in [1.82, 2.24) is 0 Å². The van der Waals surface area contributed by atoms with Crippen LogP contribution >= 0.6 is 44.8 Å². The van der Waals surface area contributed by atoms with E-state index in [9.17, 15) is 9.59 Å². The maximum atomic E-state index is 11.8. The number of hydrogen-bond acceptors (Lipinski definition) is 8. The molecular weight excluding hydrogens is 447 g/mol. The lowest BCUT2D eigenvalue weighted by atomic mass is 10.2. The Bertz CT molecular complexity index is 831. The summed E-state index contributed by atoms with van der Waals surface area (Å²) in [5, 5.41) is -1.30. The van der Waals surface area contributed by atoms with Gasteiger partial charge >= 0.3 is 0 Å². The maximum Gasteiger partial charge on any atom is 0.253 e. The van der Waals surface area contributed by atoms with E-state index in [2.05, 4.69) is 0 Å². The van der Waals surface area contributed by atoms with E-state index < -0.39 is 10.5 Å². The van der Waals surface area contributed by atoms with E-state index in [-0.39, 0.29) is 11.1 Å². The van der Waals surface area contributed by atoms with Gasteiger partial charge in [0, 0.05) is 9.79 Å². The fourth-order valence-electron chi connectivity index (χ4n) is 2.26. The number of rotatable bonds is 9. The molecule has 0 amide bonds. The van der Waals surface area contributed by atoms with E-state index in [1.807, 2.05) is 0 Å². The molecule has 0 radical (unpaired) electrons. The average Bonchev–Trinajstić information content (AvgIpc) is 2.70. The van der Waals surface area contributed by atoms with Crippen LogP contribution in [-0.2, 0) is 0 Å². The lowest BCUT2D eigenvalue weighted by Gasteiger charge is -2.14. The first-order valence-electron chi connectivity index (χ1n) is 7.62. The molecule has 6 nitrogen and oxygen atoms in total. The van der Waals surface area contributed by atoms with Crippen LogP contribution in [-0.4, -0.2) is 38.9 Å². The average molecular weight is 463 g/mol. The first-order valence-corrected chi connectivity index (χ1v) is 10.5. The number of hydrogen-bond donors (Lipinski definition) is 0. The molecule has 10 heteroatoms. The molecule has 28 heavy (non-hydrogen) atoms. The third-order valence-electron chi connectivity index (χ3n) is 3.62. The van der Waals surface area contributed by atoms with E-state index >= 15 is 0 Å². The minimum Gasteiger partial charge on any atom is -0.493 e. The SMILES string of the molecule is COc1cc(SSc2cc(OC)c(OC)cc2C(=O)Cl)c(C(=O)Cl)cc1OC. The van der Waals surface area contributed by atoms with Crippen LogP contribution in [0.3, 0.4) is 0 Å². The van der Waals surface area contributed by atoms with Crippen molar-refractivity contribution in [3.05, 3.63) is 35.4 Å². The fraction of sp³-hybridized carbons (Fsp3) is 0.222. The van der Waals surface area contributed by atoms with Crippen LogP contribution in [0, 0.1) is 0 Å². The Morgan fingerprint density at radius 1 is 0.643 bits per heavy atom. The fourth-order valence-corrected chi connectivity index (χ4v) is 5.02. The normalized spacial score (nSPS) is 10.4. The lowest BCUT2D eigenvalue weighted by molar-refractivity contribution is 0.107. The van der Waals surface area contributed by atoms with Crippen LogP contribution < -0.4 is 18.9 Å². The Labute approximate surface area is 180 Å². The zero-order valence-electron chi connectivity index (χ0n) is 15.3. The summed E-state index contributed by atoms with van der Waals surface area (Å²) in [6.45, 7) is 0. The molecule has 0 aliphatic rings. The molecule has 2 rings (SSSR count). The van der Waals surface area contributed by atoms with Gasteiger partial charge in [-0.05, 0) is 47.5 Å². The summed E-state index contributed by atoms with van der Waals surface area (Å²) in [6.07, 6.45) is 0. The Kier molecular flexibility index (Phi) is 8.18. The van der Waals surface area contributed by atoms with Crippen LogP contribution in [0.1, 0.15) is 20.7 Å². The number of ether oxygens (including phenoxy) is 4. The molecule has 0 heterocycles. The zero-order chi connectivity index (χ0) is 20.8. The second-order valence-corrected chi connectivity index (χ2v) is 8.02. The highest BCUT2D eigenvalue weighted by atomic mass is 35.5. The second kappa shape index (κ2) is 10.2. The van der Waals surface area contributed by atoms with Crippen LogP contribution in [0.4, 0.5) is 0 Å². The van der Waals surface area contributed by atoms with Gasteiger partial charge in [-0.1, -0.05) is 21.6 Å². The van der Waals surface area contributed by atoms with Gasteiger partial charge in [0.25, 0.3) is 10.5 Å². The molecule has 0 saturated carbocycles. The summed E-state index contributed by atoms with van der Waals surface area (Å²) < 4.78 is 21.0. The Hall–Kier alpha value is -1.74. The summed E-state index contributed by atoms with van der Waals surface area (Å²) in [5.74, 6) is 1.63.